The normalized spacial score (nSPS) is 9.67. The molecule has 48 valence electrons. The third kappa shape index (κ3) is 1.71. The molecule has 0 aromatic carbocycles. The lowest BCUT2D eigenvalue weighted by atomic mass is 10.6. The maximum atomic E-state index is 3.98. The quantitative estimate of drug-likeness (QED) is 0.614. The molecule has 0 N–H and O–H groups in total. The van der Waals surface area contributed by atoms with Gasteiger partial charge in [-0.15, -0.1) is 0 Å². The molecule has 3 nitrogen and oxygen atoms in total. The van der Waals surface area contributed by atoms with Crippen molar-refractivity contribution in [2.24, 2.45) is 0 Å². The van der Waals surface area contributed by atoms with E-state index in [1.807, 2.05) is 13.8 Å². The van der Waals surface area contributed by atoms with Crippen LogP contribution in [0.4, 0.5) is 0 Å². The molecule has 1 aromatic rings. The molecule has 0 radical (unpaired) electrons. The first-order chi connectivity index (χ1) is 4.18. The molecule has 0 spiro atoms. The van der Waals surface area contributed by atoms with Crippen LogP contribution >= 0.6 is 15.9 Å². The molecule has 0 fully saturated rings. The largest absolute Gasteiger partial charge is 0.219 e. The number of nitrogens with zero attached hydrogens (tertiary/aromatic N) is 3. The Morgan fingerprint density at radius 1 is 1.00 bits per heavy atom. The van der Waals surface area contributed by atoms with Gasteiger partial charge in [-0.05, 0) is 29.8 Å². The van der Waals surface area contributed by atoms with Gasteiger partial charge in [0.2, 0.25) is 0 Å². The molecular formula is C5H6BrN3. The van der Waals surface area contributed by atoms with Crippen molar-refractivity contribution in [2.45, 2.75) is 13.8 Å². The third-order valence-corrected chi connectivity index (χ3v) is 1.19. The van der Waals surface area contributed by atoms with Crippen molar-refractivity contribution in [1.29, 1.82) is 0 Å². The first-order valence-corrected chi connectivity index (χ1v) is 3.32. The molecule has 0 aliphatic carbocycles. The summed E-state index contributed by atoms with van der Waals surface area (Å²) < 4.78 is 0.604. The predicted molar refractivity (Wildman–Crippen MR) is 37.0 cm³/mol. The number of rotatable bonds is 0. The summed E-state index contributed by atoms with van der Waals surface area (Å²) in [7, 11) is 0. The Bertz CT molecular complexity index is 173. The molecule has 9 heavy (non-hydrogen) atoms. The number of halogens is 1. The van der Waals surface area contributed by atoms with Gasteiger partial charge in [0.1, 0.15) is 11.6 Å². The summed E-state index contributed by atoms with van der Waals surface area (Å²) in [6, 6.07) is 0. The maximum Gasteiger partial charge on any atom is 0.200 e. The summed E-state index contributed by atoms with van der Waals surface area (Å²) in [4.78, 5) is 11.8. The van der Waals surface area contributed by atoms with Gasteiger partial charge in [0, 0.05) is 0 Å². The van der Waals surface area contributed by atoms with Gasteiger partial charge in [-0.25, -0.2) is 15.0 Å². The molecule has 0 unspecified atom stereocenters. The van der Waals surface area contributed by atoms with Crippen LogP contribution in [0.25, 0.3) is 0 Å². The fourth-order valence-electron chi connectivity index (χ4n) is 0.576. The predicted octanol–water partition coefficient (Wildman–Crippen LogP) is 1.25. The summed E-state index contributed by atoms with van der Waals surface area (Å²) in [5.74, 6) is 1.49. The third-order valence-electron chi connectivity index (χ3n) is 0.832. The van der Waals surface area contributed by atoms with Crippen LogP contribution in [0.3, 0.4) is 0 Å². The average Bonchev–Trinajstić information content (AvgIpc) is 1.59. The summed E-state index contributed by atoms with van der Waals surface area (Å²) in [5, 5.41) is 0. The lowest BCUT2D eigenvalue weighted by Crippen LogP contribution is -1.94. The van der Waals surface area contributed by atoms with Crippen LogP contribution in [0.2, 0.25) is 0 Å². The van der Waals surface area contributed by atoms with Gasteiger partial charge < -0.3 is 0 Å². The molecule has 1 heterocycles. The molecule has 0 atom stereocenters. The van der Waals surface area contributed by atoms with E-state index >= 15 is 0 Å². The van der Waals surface area contributed by atoms with Crippen LogP contribution in [-0.2, 0) is 0 Å². The van der Waals surface area contributed by atoms with E-state index in [1.165, 1.54) is 0 Å². The molecule has 1 aromatic heterocycles. The zero-order chi connectivity index (χ0) is 6.85. The Morgan fingerprint density at radius 3 is 1.78 bits per heavy atom. The Morgan fingerprint density at radius 2 is 1.44 bits per heavy atom. The topological polar surface area (TPSA) is 38.7 Å². The maximum absolute atomic E-state index is 3.98. The second-order valence-electron chi connectivity index (χ2n) is 1.70. The minimum atomic E-state index is 0.604. The Kier molecular flexibility index (Phi) is 1.75. The summed E-state index contributed by atoms with van der Waals surface area (Å²) in [5.41, 5.74) is 0. The van der Waals surface area contributed by atoms with Crippen molar-refractivity contribution >= 4 is 15.9 Å². The highest BCUT2D eigenvalue weighted by Gasteiger charge is 1.93. The van der Waals surface area contributed by atoms with E-state index in [2.05, 4.69) is 30.9 Å². The van der Waals surface area contributed by atoms with Gasteiger partial charge >= 0.3 is 0 Å². The Labute approximate surface area is 61.7 Å². The van der Waals surface area contributed by atoms with E-state index in [0.717, 1.165) is 11.6 Å². The van der Waals surface area contributed by atoms with Crippen LogP contribution in [0.5, 0.6) is 0 Å². The van der Waals surface area contributed by atoms with Crippen molar-refractivity contribution in [1.82, 2.24) is 15.0 Å². The van der Waals surface area contributed by atoms with Gasteiger partial charge in [0.15, 0.2) is 4.73 Å². The average molecular weight is 188 g/mol. The number of aromatic nitrogens is 3. The van der Waals surface area contributed by atoms with E-state index in [0.29, 0.717) is 4.73 Å². The van der Waals surface area contributed by atoms with Crippen LogP contribution in [-0.4, -0.2) is 15.0 Å². The highest BCUT2D eigenvalue weighted by molar-refractivity contribution is 9.10. The van der Waals surface area contributed by atoms with Crippen LogP contribution in [0, 0.1) is 13.8 Å². The van der Waals surface area contributed by atoms with E-state index in [-0.39, 0.29) is 0 Å². The van der Waals surface area contributed by atoms with Crippen molar-refractivity contribution < 1.29 is 0 Å². The Hall–Kier alpha value is -0.510. The highest BCUT2D eigenvalue weighted by Crippen LogP contribution is 2.00. The minimum Gasteiger partial charge on any atom is -0.219 e. The molecule has 0 aliphatic rings. The second-order valence-corrected chi connectivity index (χ2v) is 2.41. The van der Waals surface area contributed by atoms with Crippen molar-refractivity contribution in [3.05, 3.63) is 16.4 Å². The van der Waals surface area contributed by atoms with Crippen molar-refractivity contribution in [3.8, 4) is 0 Å². The van der Waals surface area contributed by atoms with Crippen LogP contribution in [0.1, 0.15) is 11.6 Å². The van der Waals surface area contributed by atoms with E-state index in [9.17, 15) is 0 Å². The van der Waals surface area contributed by atoms with E-state index < -0.39 is 0 Å². The van der Waals surface area contributed by atoms with Crippen LogP contribution < -0.4 is 0 Å². The SMILES string of the molecule is Cc1nc(C)nc(Br)n1. The molecule has 0 bridgehead atoms. The number of hydrogen-bond acceptors (Lipinski definition) is 3. The molecule has 4 heteroatoms. The monoisotopic (exact) mass is 187 g/mol. The smallest absolute Gasteiger partial charge is 0.200 e. The summed E-state index contributed by atoms with van der Waals surface area (Å²) in [6.07, 6.45) is 0. The molecule has 0 aliphatic heterocycles. The zero-order valence-electron chi connectivity index (χ0n) is 5.22. The number of aryl methyl sites for hydroxylation is 2. The van der Waals surface area contributed by atoms with E-state index in [1.54, 1.807) is 0 Å². The first-order valence-electron chi connectivity index (χ1n) is 2.53. The van der Waals surface area contributed by atoms with Crippen molar-refractivity contribution in [3.63, 3.8) is 0 Å². The fraction of sp³-hybridized carbons (Fsp3) is 0.400. The zero-order valence-corrected chi connectivity index (χ0v) is 6.81. The van der Waals surface area contributed by atoms with Gasteiger partial charge in [-0.3, -0.25) is 0 Å². The first kappa shape index (κ1) is 6.61. The fourth-order valence-corrected chi connectivity index (χ4v) is 1.09. The van der Waals surface area contributed by atoms with Crippen molar-refractivity contribution in [2.75, 3.05) is 0 Å². The summed E-state index contributed by atoms with van der Waals surface area (Å²) >= 11 is 3.15. The molecule has 1 rings (SSSR count). The lowest BCUT2D eigenvalue weighted by Gasteiger charge is -1.92. The molecule has 0 saturated heterocycles. The van der Waals surface area contributed by atoms with E-state index in [4.69, 9.17) is 0 Å². The summed E-state index contributed by atoms with van der Waals surface area (Å²) in [6.45, 7) is 3.67. The van der Waals surface area contributed by atoms with Gasteiger partial charge in [0.25, 0.3) is 0 Å². The standard InChI is InChI=1S/C5H6BrN3/c1-3-7-4(2)9-5(6)8-3/h1-2H3. The Balaban J connectivity index is 3.17. The minimum absolute atomic E-state index is 0.604. The van der Waals surface area contributed by atoms with Gasteiger partial charge in [0.05, 0.1) is 0 Å². The lowest BCUT2D eigenvalue weighted by molar-refractivity contribution is 0.894. The number of hydrogen-bond donors (Lipinski definition) is 0. The molecule has 0 saturated carbocycles. The highest BCUT2D eigenvalue weighted by atomic mass is 79.9. The second kappa shape index (κ2) is 2.39. The van der Waals surface area contributed by atoms with Gasteiger partial charge in [-0.1, -0.05) is 0 Å². The van der Waals surface area contributed by atoms with Gasteiger partial charge in [-0.2, -0.15) is 0 Å². The van der Waals surface area contributed by atoms with Crippen LogP contribution in [0.15, 0.2) is 4.73 Å². The molecule has 0 amide bonds. The molecular weight excluding hydrogens is 182 g/mol.